The van der Waals surface area contributed by atoms with Crippen LogP contribution in [0, 0.1) is 0 Å². The monoisotopic (exact) mass is 506 g/mol. The second kappa shape index (κ2) is 10.7. The topological polar surface area (TPSA) is 98.8 Å². The van der Waals surface area contributed by atoms with Crippen molar-refractivity contribution in [3.05, 3.63) is 60.2 Å². The first kappa shape index (κ1) is 24.4. The van der Waals surface area contributed by atoms with Crippen LogP contribution in [0.4, 0.5) is 5.69 Å². The Hall–Kier alpha value is -3.33. The molecule has 0 spiro atoms. The number of fused-ring (bicyclic) bond motifs is 1. The summed E-state index contributed by atoms with van der Waals surface area (Å²) in [6.07, 6.45) is 3.72. The van der Waals surface area contributed by atoms with Gasteiger partial charge in [-0.05, 0) is 43.4 Å². The highest BCUT2D eigenvalue weighted by Crippen LogP contribution is 2.45. The molecule has 3 atom stereocenters. The van der Waals surface area contributed by atoms with Crippen LogP contribution in [0.3, 0.4) is 0 Å². The molecule has 8 nitrogen and oxygen atoms in total. The quantitative estimate of drug-likeness (QED) is 0.650. The maximum atomic E-state index is 14.2. The number of nitrogens with zero attached hydrogens (tertiary/aromatic N) is 2. The van der Waals surface area contributed by atoms with Crippen molar-refractivity contribution in [3.8, 4) is 0 Å². The molecule has 0 bridgehead atoms. The van der Waals surface area contributed by atoms with Gasteiger partial charge in [-0.2, -0.15) is 0 Å². The smallest absolute Gasteiger partial charge is 0.251 e. The van der Waals surface area contributed by atoms with Gasteiger partial charge in [-0.25, -0.2) is 0 Å². The first-order chi connectivity index (χ1) is 17.5. The van der Waals surface area contributed by atoms with Crippen molar-refractivity contribution >= 4 is 41.1 Å². The molecule has 0 radical (unpaired) electrons. The number of benzene rings is 2. The molecular formula is C27H30N4O4S. The molecule has 9 heteroatoms. The summed E-state index contributed by atoms with van der Waals surface area (Å²) in [6, 6.07) is 15.6. The molecule has 2 N–H and O–H groups in total. The van der Waals surface area contributed by atoms with Crippen LogP contribution >= 0.6 is 11.8 Å². The Morgan fingerprint density at radius 2 is 1.69 bits per heavy atom. The molecule has 36 heavy (non-hydrogen) atoms. The van der Waals surface area contributed by atoms with E-state index in [1.165, 1.54) is 16.7 Å². The lowest BCUT2D eigenvalue weighted by molar-refractivity contribution is -0.133. The van der Waals surface area contributed by atoms with E-state index in [9.17, 15) is 19.2 Å². The van der Waals surface area contributed by atoms with Gasteiger partial charge in [0.25, 0.3) is 5.91 Å². The fourth-order valence-electron chi connectivity index (χ4n) is 5.05. The third-order valence-electron chi connectivity index (χ3n) is 6.98. The van der Waals surface area contributed by atoms with Crippen molar-refractivity contribution in [1.29, 1.82) is 0 Å². The summed E-state index contributed by atoms with van der Waals surface area (Å²) >= 11 is 1.50. The second-order valence-electron chi connectivity index (χ2n) is 9.43. The second-order valence-corrected chi connectivity index (χ2v) is 10.6. The van der Waals surface area contributed by atoms with Gasteiger partial charge in [-0.15, -0.1) is 11.8 Å². The standard InChI is InChI=1S/C27H30N4O4S/c32-22-14-13-19(28-22)26(34)29-24-25(18-9-3-1-4-10-18)36-21-12-6-5-11-20(21)31(27(24)35)17-23(33)30-15-7-2-8-16-30/h1,3-6,9-12,19,24-25H,2,7-8,13-17H2,(H,28,32)(H,29,34)/t19-,24+,25+/m0/s1. The Kier molecular flexibility index (Phi) is 7.27. The minimum absolute atomic E-state index is 0.0789. The highest BCUT2D eigenvalue weighted by Gasteiger charge is 2.42. The number of hydrogen-bond donors (Lipinski definition) is 2. The van der Waals surface area contributed by atoms with E-state index in [1.54, 1.807) is 0 Å². The molecule has 188 valence electrons. The Labute approximate surface area is 214 Å². The maximum absolute atomic E-state index is 14.2. The number of para-hydroxylation sites is 1. The SMILES string of the molecule is O=C1CC[C@@H](C(=O)N[C@H]2C(=O)N(CC(=O)N3CCCCC3)c3ccccc3S[C@@H]2c2ccccc2)N1. The molecule has 3 aliphatic heterocycles. The lowest BCUT2D eigenvalue weighted by Gasteiger charge is -2.32. The average molecular weight is 507 g/mol. The summed E-state index contributed by atoms with van der Waals surface area (Å²) in [5, 5.41) is 5.23. The van der Waals surface area contributed by atoms with Crippen LogP contribution in [-0.4, -0.2) is 60.2 Å². The normalized spacial score (nSPS) is 24.1. The number of carbonyl (C=O) groups is 4. The lowest BCUT2D eigenvalue weighted by atomic mass is 10.0. The van der Waals surface area contributed by atoms with Gasteiger partial charge in [-0.1, -0.05) is 42.5 Å². The zero-order valence-electron chi connectivity index (χ0n) is 20.0. The number of rotatable bonds is 5. The van der Waals surface area contributed by atoms with E-state index < -0.39 is 17.3 Å². The first-order valence-electron chi connectivity index (χ1n) is 12.5. The van der Waals surface area contributed by atoms with Gasteiger partial charge in [0, 0.05) is 24.4 Å². The van der Waals surface area contributed by atoms with E-state index >= 15 is 0 Å². The van der Waals surface area contributed by atoms with Gasteiger partial charge in [0.1, 0.15) is 18.6 Å². The fourth-order valence-corrected chi connectivity index (χ4v) is 6.39. The minimum Gasteiger partial charge on any atom is -0.344 e. The van der Waals surface area contributed by atoms with Crippen LogP contribution in [0.2, 0.25) is 0 Å². The number of likely N-dealkylation sites (tertiary alicyclic amines) is 1. The Morgan fingerprint density at radius 3 is 2.42 bits per heavy atom. The molecular weight excluding hydrogens is 476 g/mol. The number of anilines is 1. The summed E-state index contributed by atoms with van der Waals surface area (Å²) in [5.41, 5.74) is 1.57. The summed E-state index contributed by atoms with van der Waals surface area (Å²) in [4.78, 5) is 56.5. The van der Waals surface area contributed by atoms with Crippen LogP contribution in [0.1, 0.15) is 42.9 Å². The van der Waals surface area contributed by atoms with E-state index in [2.05, 4.69) is 10.6 Å². The van der Waals surface area contributed by atoms with Gasteiger partial charge in [-0.3, -0.25) is 19.2 Å². The van der Waals surface area contributed by atoms with E-state index in [0.29, 0.717) is 25.2 Å². The predicted molar refractivity (Wildman–Crippen MR) is 137 cm³/mol. The molecule has 2 saturated heterocycles. The maximum Gasteiger partial charge on any atom is 0.251 e. The summed E-state index contributed by atoms with van der Waals surface area (Å²) in [5.74, 6) is -0.968. The Bertz CT molecular complexity index is 1150. The number of hydrogen-bond acceptors (Lipinski definition) is 5. The molecule has 0 saturated carbocycles. The molecule has 5 rings (SSSR count). The number of piperidine rings is 1. The van der Waals surface area contributed by atoms with E-state index in [1.807, 2.05) is 59.5 Å². The van der Waals surface area contributed by atoms with Crippen LogP contribution in [-0.2, 0) is 19.2 Å². The largest absolute Gasteiger partial charge is 0.344 e. The van der Waals surface area contributed by atoms with Gasteiger partial charge in [0.15, 0.2) is 0 Å². The number of amides is 4. The van der Waals surface area contributed by atoms with Gasteiger partial charge < -0.3 is 20.4 Å². The molecule has 3 heterocycles. The van der Waals surface area contributed by atoms with E-state index in [0.717, 1.165) is 29.7 Å². The van der Waals surface area contributed by atoms with Crippen molar-refractivity contribution in [2.45, 2.75) is 54.3 Å². The van der Waals surface area contributed by atoms with Crippen molar-refractivity contribution < 1.29 is 19.2 Å². The third kappa shape index (κ3) is 5.11. The first-order valence-corrected chi connectivity index (χ1v) is 13.4. The molecule has 0 aromatic heterocycles. The average Bonchev–Trinajstić information content (AvgIpc) is 3.32. The van der Waals surface area contributed by atoms with Gasteiger partial charge in [0.2, 0.25) is 17.7 Å². The third-order valence-corrected chi connectivity index (χ3v) is 8.38. The fraction of sp³-hybridized carbons (Fsp3) is 0.407. The lowest BCUT2D eigenvalue weighted by Crippen LogP contribution is -2.55. The van der Waals surface area contributed by atoms with Crippen LogP contribution < -0.4 is 15.5 Å². The number of carbonyl (C=O) groups excluding carboxylic acids is 4. The van der Waals surface area contributed by atoms with Gasteiger partial charge in [0.05, 0.1) is 10.9 Å². The zero-order valence-corrected chi connectivity index (χ0v) is 20.8. The molecule has 4 amide bonds. The van der Waals surface area contributed by atoms with Crippen LogP contribution in [0.15, 0.2) is 59.5 Å². The molecule has 0 unspecified atom stereocenters. The summed E-state index contributed by atoms with van der Waals surface area (Å²) < 4.78 is 0. The predicted octanol–water partition coefficient (Wildman–Crippen LogP) is 2.64. The molecule has 2 fully saturated rings. The van der Waals surface area contributed by atoms with Crippen molar-refractivity contribution in [3.63, 3.8) is 0 Å². The molecule has 0 aliphatic carbocycles. The van der Waals surface area contributed by atoms with Crippen molar-refractivity contribution in [2.75, 3.05) is 24.5 Å². The molecule has 2 aromatic rings. The van der Waals surface area contributed by atoms with Crippen LogP contribution in [0.25, 0.3) is 0 Å². The highest BCUT2D eigenvalue weighted by atomic mass is 32.2. The molecule has 2 aromatic carbocycles. The van der Waals surface area contributed by atoms with Crippen molar-refractivity contribution in [1.82, 2.24) is 15.5 Å². The minimum atomic E-state index is -0.913. The highest BCUT2D eigenvalue weighted by molar-refractivity contribution is 7.99. The van der Waals surface area contributed by atoms with Gasteiger partial charge >= 0.3 is 0 Å². The number of thioether (sulfide) groups is 1. The number of nitrogens with one attached hydrogen (secondary N) is 2. The molecule has 3 aliphatic rings. The van der Waals surface area contributed by atoms with Crippen LogP contribution in [0.5, 0.6) is 0 Å². The van der Waals surface area contributed by atoms with E-state index in [-0.39, 0.29) is 36.6 Å². The Morgan fingerprint density at radius 1 is 0.972 bits per heavy atom. The zero-order chi connectivity index (χ0) is 25.1. The Balaban J connectivity index is 1.49. The summed E-state index contributed by atoms with van der Waals surface area (Å²) in [6.45, 7) is 1.32. The van der Waals surface area contributed by atoms with E-state index in [4.69, 9.17) is 0 Å². The summed E-state index contributed by atoms with van der Waals surface area (Å²) in [7, 11) is 0. The van der Waals surface area contributed by atoms with Crippen molar-refractivity contribution in [2.24, 2.45) is 0 Å².